The van der Waals surface area contributed by atoms with Crippen LogP contribution in [0.5, 0.6) is 0 Å². The number of anilines is 1. The Morgan fingerprint density at radius 1 is 1.21 bits per heavy atom. The molecule has 0 aliphatic carbocycles. The Balaban J connectivity index is 1.35. The van der Waals surface area contributed by atoms with E-state index in [1.54, 1.807) is 30.3 Å². The number of hydrogen-bond acceptors (Lipinski definition) is 4. The van der Waals surface area contributed by atoms with Crippen molar-refractivity contribution in [2.45, 2.75) is 18.9 Å². The summed E-state index contributed by atoms with van der Waals surface area (Å²) >= 11 is 12.9. The zero-order valence-electron chi connectivity index (χ0n) is 15.1. The predicted molar refractivity (Wildman–Crippen MR) is 118 cm³/mol. The van der Waals surface area contributed by atoms with Gasteiger partial charge in [-0.15, -0.1) is 0 Å². The van der Waals surface area contributed by atoms with E-state index in [1.165, 1.54) is 11.8 Å². The Hall–Kier alpha value is -1.83. The minimum absolute atomic E-state index is 0.0790. The van der Waals surface area contributed by atoms with Gasteiger partial charge < -0.3 is 14.8 Å². The lowest BCUT2D eigenvalue weighted by Gasteiger charge is -2.43. The van der Waals surface area contributed by atoms with Crippen LogP contribution in [0.1, 0.15) is 18.0 Å². The first-order chi connectivity index (χ1) is 13.5. The van der Waals surface area contributed by atoms with E-state index in [1.807, 2.05) is 16.7 Å². The highest BCUT2D eigenvalue weighted by atomic mass is 35.5. The third-order valence-electron chi connectivity index (χ3n) is 5.17. The molecule has 1 fully saturated rings. The molecule has 4 rings (SSSR count). The van der Waals surface area contributed by atoms with Crippen LogP contribution in [0.25, 0.3) is 0 Å². The van der Waals surface area contributed by atoms with Gasteiger partial charge in [-0.1, -0.05) is 47.7 Å². The molecule has 146 valence electrons. The summed E-state index contributed by atoms with van der Waals surface area (Å²) in [6.07, 6.45) is 1.09. The highest BCUT2D eigenvalue weighted by Crippen LogP contribution is 2.36. The first kappa shape index (κ1) is 19.5. The average Bonchev–Trinajstić information content (AvgIpc) is 2.67. The average molecular weight is 434 g/mol. The summed E-state index contributed by atoms with van der Waals surface area (Å²) < 4.78 is 2.65. The molecule has 2 aliphatic rings. The summed E-state index contributed by atoms with van der Waals surface area (Å²) in [4.78, 5) is 26.5. The van der Waals surface area contributed by atoms with Crippen molar-refractivity contribution in [3.63, 3.8) is 0 Å². The van der Waals surface area contributed by atoms with E-state index in [0.29, 0.717) is 22.5 Å². The molecule has 1 saturated heterocycles. The number of aromatic nitrogens is 1. The molecular weight excluding hydrogens is 414 g/mol. The van der Waals surface area contributed by atoms with Crippen LogP contribution in [0.4, 0.5) is 5.69 Å². The van der Waals surface area contributed by atoms with E-state index < -0.39 is 0 Å². The van der Waals surface area contributed by atoms with Crippen molar-refractivity contribution in [2.75, 3.05) is 24.2 Å². The highest BCUT2D eigenvalue weighted by Gasteiger charge is 2.35. The molecule has 3 heterocycles. The van der Waals surface area contributed by atoms with Gasteiger partial charge in [-0.05, 0) is 36.6 Å². The molecule has 1 N–H and O–H groups in total. The van der Waals surface area contributed by atoms with Gasteiger partial charge in [0.2, 0.25) is 5.91 Å². The van der Waals surface area contributed by atoms with Crippen molar-refractivity contribution < 1.29 is 4.79 Å². The Morgan fingerprint density at radius 2 is 2.04 bits per heavy atom. The fourth-order valence-corrected chi connectivity index (χ4v) is 5.20. The second kappa shape index (κ2) is 8.27. The zero-order valence-corrected chi connectivity index (χ0v) is 17.5. The number of fused-ring (bicyclic) bond motifs is 4. The number of halogens is 1. The fourth-order valence-electron chi connectivity index (χ4n) is 4.03. The molecule has 28 heavy (non-hydrogen) atoms. The summed E-state index contributed by atoms with van der Waals surface area (Å²) in [7, 11) is 0. The quantitative estimate of drug-likeness (QED) is 0.750. The smallest absolute Gasteiger partial charge is 0.250 e. The Kier molecular flexibility index (Phi) is 5.75. The van der Waals surface area contributed by atoms with Gasteiger partial charge in [-0.3, -0.25) is 9.59 Å². The van der Waals surface area contributed by atoms with Gasteiger partial charge in [0.05, 0.1) is 5.75 Å². The molecule has 2 aromatic rings. The first-order valence-electron chi connectivity index (χ1n) is 9.16. The van der Waals surface area contributed by atoms with Crippen LogP contribution in [0.3, 0.4) is 0 Å². The van der Waals surface area contributed by atoms with Crippen molar-refractivity contribution in [3.8, 4) is 0 Å². The van der Waals surface area contributed by atoms with Gasteiger partial charge in [0.25, 0.3) is 5.56 Å². The maximum absolute atomic E-state index is 12.2. The number of amides is 1. The largest absolute Gasteiger partial charge is 0.356 e. The molecule has 5 nitrogen and oxygen atoms in total. The van der Waals surface area contributed by atoms with Crippen LogP contribution in [-0.2, 0) is 11.3 Å². The molecule has 0 radical (unpaired) electrons. The maximum atomic E-state index is 12.2. The lowest BCUT2D eigenvalue weighted by atomic mass is 9.83. The standard InChI is InChI=1S/C20H20ClN3O2S2/c21-15-3-1-4-16(8-15)22-18(25)12-28-20(27)23-9-13-7-14(11-23)17-5-2-6-19(26)24(17)10-13/h1-6,8,13-14H,7,9-12H2,(H,22,25)/t13-,14-/m0/s1. The Morgan fingerprint density at radius 3 is 2.86 bits per heavy atom. The Labute approximate surface area is 178 Å². The fraction of sp³-hybridized carbons (Fsp3) is 0.350. The zero-order chi connectivity index (χ0) is 19.7. The molecule has 8 heteroatoms. The summed E-state index contributed by atoms with van der Waals surface area (Å²) in [5, 5.41) is 3.42. The molecule has 0 unspecified atom stereocenters. The topological polar surface area (TPSA) is 54.3 Å². The molecule has 1 aromatic heterocycles. The summed E-state index contributed by atoms with van der Waals surface area (Å²) in [5.74, 6) is 0.863. The van der Waals surface area contributed by atoms with Gasteiger partial charge >= 0.3 is 0 Å². The third kappa shape index (κ3) is 4.26. The Bertz CT molecular complexity index is 978. The molecule has 0 spiro atoms. The monoisotopic (exact) mass is 433 g/mol. The highest BCUT2D eigenvalue weighted by molar-refractivity contribution is 8.23. The lowest BCUT2D eigenvalue weighted by Crippen LogP contribution is -2.48. The number of benzene rings is 1. The van der Waals surface area contributed by atoms with Crippen molar-refractivity contribution in [1.82, 2.24) is 9.47 Å². The van der Waals surface area contributed by atoms with Crippen LogP contribution >= 0.6 is 35.6 Å². The molecule has 1 amide bonds. The van der Waals surface area contributed by atoms with E-state index in [-0.39, 0.29) is 17.2 Å². The normalized spacial score (nSPS) is 20.4. The van der Waals surface area contributed by atoms with Crippen LogP contribution in [0, 0.1) is 5.92 Å². The van der Waals surface area contributed by atoms with Crippen molar-refractivity contribution in [2.24, 2.45) is 5.92 Å². The maximum Gasteiger partial charge on any atom is 0.250 e. The molecule has 2 bridgehead atoms. The number of piperidine rings is 1. The van der Waals surface area contributed by atoms with Gasteiger partial charge in [0.15, 0.2) is 0 Å². The van der Waals surface area contributed by atoms with Crippen LogP contribution in [-0.4, -0.2) is 38.5 Å². The van der Waals surface area contributed by atoms with Crippen LogP contribution < -0.4 is 10.9 Å². The van der Waals surface area contributed by atoms with Gasteiger partial charge in [-0.25, -0.2) is 0 Å². The number of likely N-dealkylation sites (tertiary alicyclic amines) is 1. The van der Waals surface area contributed by atoms with Crippen molar-refractivity contribution >= 4 is 51.5 Å². The van der Waals surface area contributed by atoms with Crippen molar-refractivity contribution in [1.29, 1.82) is 0 Å². The number of thioether (sulfide) groups is 1. The second-order valence-electron chi connectivity index (χ2n) is 7.22. The lowest BCUT2D eigenvalue weighted by molar-refractivity contribution is -0.113. The predicted octanol–water partition coefficient (Wildman–Crippen LogP) is 3.58. The number of hydrogen-bond donors (Lipinski definition) is 1. The minimum atomic E-state index is -0.108. The van der Waals surface area contributed by atoms with Crippen LogP contribution in [0.2, 0.25) is 5.02 Å². The summed E-state index contributed by atoms with van der Waals surface area (Å²) in [5.41, 5.74) is 1.86. The number of thiocarbonyl (C=S) groups is 1. The number of nitrogens with one attached hydrogen (secondary N) is 1. The van der Waals surface area contributed by atoms with Gasteiger partial charge in [-0.2, -0.15) is 0 Å². The number of nitrogens with zero attached hydrogens (tertiary/aromatic N) is 2. The third-order valence-corrected chi connectivity index (χ3v) is 6.93. The van der Waals surface area contributed by atoms with E-state index in [0.717, 1.165) is 36.1 Å². The number of rotatable bonds is 3. The molecule has 1 aromatic carbocycles. The number of carbonyl (C=O) groups is 1. The first-order valence-corrected chi connectivity index (χ1v) is 10.9. The van der Waals surface area contributed by atoms with Crippen molar-refractivity contribution in [3.05, 3.63) is 63.5 Å². The summed E-state index contributed by atoms with van der Waals surface area (Å²) in [6.45, 7) is 2.37. The number of carbonyl (C=O) groups excluding carboxylic acids is 1. The minimum Gasteiger partial charge on any atom is -0.356 e. The van der Waals surface area contributed by atoms with E-state index in [4.69, 9.17) is 23.8 Å². The molecule has 0 saturated carbocycles. The second-order valence-corrected chi connectivity index (χ2v) is 9.26. The molecule has 2 atom stereocenters. The van der Waals surface area contributed by atoms with E-state index in [9.17, 15) is 9.59 Å². The van der Waals surface area contributed by atoms with Gasteiger partial charge in [0, 0.05) is 48.0 Å². The van der Waals surface area contributed by atoms with E-state index in [2.05, 4.69) is 10.2 Å². The van der Waals surface area contributed by atoms with E-state index >= 15 is 0 Å². The SMILES string of the molecule is O=C(CSC(=S)N1C[C@@H]2C[C@@H](C1)c1cccc(=O)n1C2)Nc1cccc(Cl)c1. The molecule has 2 aliphatic heterocycles. The molecular formula is C20H20ClN3O2S2. The number of pyridine rings is 1. The van der Waals surface area contributed by atoms with Gasteiger partial charge in [0.1, 0.15) is 4.32 Å². The summed E-state index contributed by atoms with van der Waals surface area (Å²) in [6, 6.07) is 12.6. The van der Waals surface area contributed by atoms with Crippen LogP contribution in [0.15, 0.2) is 47.3 Å².